The molecule has 0 aliphatic heterocycles. The summed E-state index contributed by atoms with van der Waals surface area (Å²) < 4.78 is 32.3. The summed E-state index contributed by atoms with van der Waals surface area (Å²) in [5.41, 5.74) is -1.94. The maximum Gasteiger partial charge on any atom is 0.349 e. The molecule has 0 unspecified atom stereocenters. The number of aryl methyl sites for hydroxylation is 1. The van der Waals surface area contributed by atoms with Crippen molar-refractivity contribution >= 4 is 27.3 Å². The van der Waals surface area contributed by atoms with Crippen LogP contribution >= 0.6 is 11.3 Å². The van der Waals surface area contributed by atoms with Crippen LogP contribution in [0.2, 0.25) is 0 Å². The third kappa shape index (κ3) is 3.63. The third-order valence-electron chi connectivity index (χ3n) is 3.48. The van der Waals surface area contributed by atoms with Gasteiger partial charge in [0.2, 0.25) is 10.0 Å². The fourth-order valence-corrected chi connectivity index (χ4v) is 4.75. The molecule has 1 heterocycles. The Morgan fingerprint density at radius 1 is 1.33 bits per heavy atom. The average molecular weight is 335 g/mol. The number of aliphatic hydroxyl groups is 1. The van der Waals surface area contributed by atoms with Gasteiger partial charge in [0, 0.05) is 0 Å². The largest absolute Gasteiger partial charge is 0.465 e. The molecule has 0 radical (unpaired) electrons. The molecule has 0 amide bonds. The predicted molar refractivity (Wildman–Crippen MR) is 81.1 cm³/mol. The number of esters is 1. The van der Waals surface area contributed by atoms with Gasteiger partial charge in [-0.25, -0.2) is 17.9 Å². The molecule has 0 atom stereocenters. The van der Waals surface area contributed by atoms with E-state index >= 15 is 0 Å². The van der Waals surface area contributed by atoms with Gasteiger partial charge in [-0.05, 0) is 45.6 Å². The Balaban J connectivity index is 3.34. The van der Waals surface area contributed by atoms with Crippen LogP contribution in [0.3, 0.4) is 0 Å². The van der Waals surface area contributed by atoms with Crippen LogP contribution < -0.4 is 4.72 Å². The first-order valence-corrected chi connectivity index (χ1v) is 8.62. The summed E-state index contributed by atoms with van der Waals surface area (Å²) in [5, 5.41) is 11.7. The Kier molecular flexibility index (Phi) is 4.89. The molecule has 0 bridgehead atoms. The second-order valence-corrected chi connectivity index (χ2v) is 8.36. The van der Waals surface area contributed by atoms with E-state index in [9.17, 15) is 18.3 Å². The second kappa shape index (κ2) is 5.68. The lowest BCUT2D eigenvalue weighted by molar-refractivity contribution is 0.00638. The first kappa shape index (κ1) is 18.1. The lowest BCUT2D eigenvalue weighted by atomic mass is 9.87. The molecule has 0 aliphatic carbocycles. The third-order valence-corrected chi connectivity index (χ3v) is 6.53. The molecule has 1 rings (SSSR count). The van der Waals surface area contributed by atoms with E-state index in [0.29, 0.717) is 5.56 Å². The first-order valence-electron chi connectivity index (χ1n) is 6.26. The minimum atomic E-state index is -3.97. The quantitative estimate of drug-likeness (QED) is 0.799. The molecule has 120 valence electrons. The highest BCUT2D eigenvalue weighted by molar-refractivity contribution is 7.89. The van der Waals surface area contributed by atoms with Crippen molar-refractivity contribution in [3.63, 3.8) is 0 Å². The molecule has 2 N–H and O–H groups in total. The molecule has 0 saturated carbocycles. The summed E-state index contributed by atoms with van der Waals surface area (Å²) in [7, 11) is -2.78. The van der Waals surface area contributed by atoms with E-state index in [1.807, 2.05) is 0 Å². The lowest BCUT2D eigenvalue weighted by Gasteiger charge is -2.37. The van der Waals surface area contributed by atoms with Crippen LogP contribution in [-0.2, 0) is 14.8 Å². The van der Waals surface area contributed by atoms with Crippen molar-refractivity contribution in [2.24, 2.45) is 0 Å². The maximum atomic E-state index is 12.6. The highest BCUT2D eigenvalue weighted by Crippen LogP contribution is 2.30. The molecule has 0 aliphatic rings. The predicted octanol–water partition coefficient (Wildman–Crippen LogP) is 1.67. The zero-order valence-electron chi connectivity index (χ0n) is 13.0. The summed E-state index contributed by atoms with van der Waals surface area (Å²) in [6.45, 7) is 7.77. The number of ether oxygens (including phenoxy) is 1. The summed E-state index contributed by atoms with van der Waals surface area (Å²) >= 11 is 1.01. The highest BCUT2D eigenvalue weighted by atomic mass is 32.2. The minimum Gasteiger partial charge on any atom is -0.465 e. The van der Waals surface area contributed by atoms with Crippen molar-refractivity contribution in [3.8, 4) is 0 Å². The second-order valence-electron chi connectivity index (χ2n) is 5.86. The lowest BCUT2D eigenvalue weighted by Crippen LogP contribution is -2.57. The molecule has 1 aromatic heterocycles. The number of carbonyl (C=O) groups excluding carboxylic acids is 1. The zero-order chi connectivity index (χ0) is 16.6. The number of sulfonamides is 1. The minimum absolute atomic E-state index is 0.0223. The summed E-state index contributed by atoms with van der Waals surface area (Å²) in [4.78, 5) is 11.6. The SMILES string of the molecule is COC(=O)c1scc(C)c1S(=O)(=O)NC(C)(C)C(C)(C)O. The normalized spacial score (nSPS) is 13.3. The fourth-order valence-electron chi connectivity index (χ4n) is 1.51. The topological polar surface area (TPSA) is 92.7 Å². The Hall–Kier alpha value is -0.960. The molecule has 6 nitrogen and oxygen atoms in total. The van der Waals surface area contributed by atoms with Gasteiger partial charge in [-0.1, -0.05) is 0 Å². The van der Waals surface area contributed by atoms with Gasteiger partial charge in [0.15, 0.2) is 0 Å². The molecule has 0 spiro atoms. The van der Waals surface area contributed by atoms with Crippen molar-refractivity contribution in [1.29, 1.82) is 0 Å². The molecule has 8 heteroatoms. The van der Waals surface area contributed by atoms with Gasteiger partial charge < -0.3 is 9.84 Å². The van der Waals surface area contributed by atoms with Gasteiger partial charge in [0.25, 0.3) is 0 Å². The van der Waals surface area contributed by atoms with Crippen molar-refractivity contribution < 1.29 is 23.1 Å². The van der Waals surface area contributed by atoms with E-state index in [1.54, 1.807) is 26.2 Å². The number of hydrogen-bond acceptors (Lipinski definition) is 6. The van der Waals surface area contributed by atoms with Gasteiger partial charge in [0.1, 0.15) is 9.77 Å². The highest BCUT2D eigenvalue weighted by Gasteiger charge is 2.40. The number of carbonyl (C=O) groups is 1. The number of thiophene rings is 1. The molecule has 1 aromatic rings. The van der Waals surface area contributed by atoms with E-state index in [-0.39, 0.29) is 9.77 Å². The monoisotopic (exact) mass is 335 g/mol. The molecule has 21 heavy (non-hydrogen) atoms. The van der Waals surface area contributed by atoms with Gasteiger partial charge in [-0.2, -0.15) is 0 Å². The van der Waals surface area contributed by atoms with E-state index < -0.39 is 27.1 Å². The van der Waals surface area contributed by atoms with Crippen LogP contribution in [0, 0.1) is 6.92 Å². The molecule has 0 fully saturated rings. The first-order chi connectivity index (χ1) is 9.33. The summed E-state index contributed by atoms with van der Waals surface area (Å²) in [6, 6.07) is 0. The maximum absolute atomic E-state index is 12.6. The van der Waals surface area contributed by atoms with E-state index in [4.69, 9.17) is 0 Å². The molecule has 0 aromatic carbocycles. The van der Waals surface area contributed by atoms with Crippen molar-refractivity contribution in [2.75, 3.05) is 7.11 Å². The zero-order valence-corrected chi connectivity index (χ0v) is 14.6. The van der Waals surface area contributed by atoms with Crippen LogP contribution in [0.1, 0.15) is 42.9 Å². The van der Waals surface area contributed by atoms with E-state index in [0.717, 1.165) is 11.3 Å². The summed E-state index contributed by atoms with van der Waals surface area (Å²) in [6.07, 6.45) is 0. The van der Waals surface area contributed by atoms with Crippen molar-refractivity contribution in [3.05, 3.63) is 15.8 Å². The van der Waals surface area contributed by atoms with Gasteiger partial charge >= 0.3 is 5.97 Å². The molecular weight excluding hydrogens is 314 g/mol. The Morgan fingerprint density at radius 3 is 2.29 bits per heavy atom. The average Bonchev–Trinajstić information content (AvgIpc) is 2.68. The Labute approximate surface area is 129 Å². The van der Waals surface area contributed by atoms with Crippen LogP contribution in [0.25, 0.3) is 0 Å². The Bertz CT molecular complexity index is 638. The fraction of sp³-hybridized carbons (Fsp3) is 0.615. The van der Waals surface area contributed by atoms with Crippen LogP contribution in [0.5, 0.6) is 0 Å². The van der Waals surface area contributed by atoms with E-state index in [2.05, 4.69) is 9.46 Å². The van der Waals surface area contributed by atoms with Crippen LogP contribution in [-0.4, -0.2) is 37.7 Å². The number of hydrogen-bond donors (Lipinski definition) is 2. The summed E-state index contributed by atoms with van der Waals surface area (Å²) in [5.74, 6) is -0.700. The van der Waals surface area contributed by atoms with Gasteiger partial charge in [0.05, 0.1) is 18.2 Å². The van der Waals surface area contributed by atoms with Crippen LogP contribution in [0.4, 0.5) is 0 Å². The molecule has 0 saturated heterocycles. The molecular formula is C13H21NO5S2. The number of methoxy groups -OCH3 is 1. The van der Waals surface area contributed by atoms with Gasteiger partial charge in [-0.3, -0.25) is 0 Å². The van der Waals surface area contributed by atoms with Crippen LogP contribution in [0.15, 0.2) is 10.3 Å². The van der Waals surface area contributed by atoms with Crippen molar-refractivity contribution in [2.45, 2.75) is 50.7 Å². The van der Waals surface area contributed by atoms with Crippen molar-refractivity contribution in [1.82, 2.24) is 4.72 Å². The van der Waals surface area contributed by atoms with E-state index in [1.165, 1.54) is 21.0 Å². The Morgan fingerprint density at radius 2 is 1.86 bits per heavy atom. The number of nitrogens with one attached hydrogen (secondary N) is 1. The number of rotatable bonds is 5. The van der Waals surface area contributed by atoms with Gasteiger partial charge in [-0.15, -0.1) is 11.3 Å². The standard InChI is InChI=1S/C13H21NO5S2/c1-8-7-20-9(11(15)19-6)10(8)21(17,18)14-12(2,3)13(4,5)16/h7,14,16H,1-6H3. The smallest absolute Gasteiger partial charge is 0.349 e.